The second-order valence-electron chi connectivity index (χ2n) is 3.25. The van der Waals surface area contributed by atoms with E-state index in [1.165, 1.54) is 0 Å². The van der Waals surface area contributed by atoms with Gasteiger partial charge in [0.15, 0.2) is 0 Å². The molecule has 14 heavy (non-hydrogen) atoms. The van der Waals surface area contributed by atoms with Crippen LogP contribution in [0.4, 0.5) is 0 Å². The molecule has 1 heterocycles. The van der Waals surface area contributed by atoms with Crippen molar-refractivity contribution in [3.63, 3.8) is 0 Å². The molecule has 78 valence electrons. The molecule has 1 aromatic heterocycles. The summed E-state index contributed by atoms with van der Waals surface area (Å²) in [6.45, 7) is 4.23. The van der Waals surface area contributed by atoms with E-state index in [1.54, 1.807) is 13.4 Å². The summed E-state index contributed by atoms with van der Waals surface area (Å²) in [4.78, 5) is 14.9. The second kappa shape index (κ2) is 4.23. The summed E-state index contributed by atoms with van der Waals surface area (Å²) in [5.41, 5.74) is 1.94. The predicted octanol–water partition coefficient (Wildman–Crippen LogP) is 0.173. The first-order valence-electron chi connectivity index (χ1n) is 4.44. The van der Waals surface area contributed by atoms with E-state index in [1.807, 2.05) is 18.4 Å². The zero-order valence-electron chi connectivity index (χ0n) is 8.61. The Hall–Kier alpha value is -1.36. The monoisotopic (exact) mass is 197 g/mol. The number of carbonyl (C=O) groups is 1. The van der Waals surface area contributed by atoms with Gasteiger partial charge in [-0.25, -0.2) is 4.98 Å². The zero-order valence-corrected chi connectivity index (χ0v) is 8.61. The van der Waals surface area contributed by atoms with Gasteiger partial charge in [0, 0.05) is 12.2 Å². The molecule has 1 rings (SSSR count). The Labute approximate surface area is 82.8 Å². The van der Waals surface area contributed by atoms with E-state index in [0.717, 1.165) is 11.4 Å². The highest BCUT2D eigenvalue weighted by molar-refractivity contribution is 5.73. The number of aliphatic carboxylic acids is 1. The Bertz CT molecular complexity index is 333. The van der Waals surface area contributed by atoms with Crippen molar-refractivity contribution in [3.8, 4) is 0 Å². The molecule has 0 aliphatic rings. The molecule has 0 amide bonds. The summed E-state index contributed by atoms with van der Waals surface area (Å²) in [5, 5.41) is 11.6. The van der Waals surface area contributed by atoms with Crippen LogP contribution in [0.1, 0.15) is 11.4 Å². The number of aromatic nitrogens is 2. The number of rotatable bonds is 4. The number of carboxylic acid groups (broad SMARTS) is 1. The van der Waals surface area contributed by atoms with Gasteiger partial charge in [-0.1, -0.05) is 0 Å². The van der Waals surface area contributed by atoms with E-state index in [0.29, 0.717) is 6.54 Å². The van der Waals surface area contributed by atoms with Crippen LogP contribution in [0.15, 0.2) is 6.33 Å². The first-order valence-corrected chi connectivity index (χ1v) is 4.44. The third kappa shape index (κ3) is 2.11. The van der Waals surface area contributed by atoms with Crippen molar-refractivity contribution in [1.82, 2.24) is 14.9 Å². The lowest BCUT2D eigenvalue weighted by molar-refractivity contribution is -0.139. The van der Waals surface area contributed by atoms with Crippen LogP contribution in [0.3, 0.4) is 0 Å². The molecule has 1 unspecified atom stereocenters. The molecule has 0 saturated carbocycles. The summed E-state index contributed by atoms with van der Waals surface area (Å²) in [5.74, 6) is -0.849. The summed E-state index contributed by atoms with van der Waals surface area (Å²) < 4.78 is 1.84. The standard InChI is InChI=1S/C9H15N3O2/c1-6-7(2)12(5-11-6)4-8(10-3)9(13)14/h5,8,10H,4H2,1-3H3,(H,13,14). The molecule has 0 aromatic carbocycles. The van der Waals surface area contributed by atoms with Crippen molar-refractivity contribution in [2.24, 2.45) is 0 Å². The number of aryl methyl sites for hydroxylation is 1. The molecule has 0 saturated heterocycles. The molecular weight excluding hydrogens is 182 g/mol. The van der Waals surface area contributed by atoms with Crippen molar-refractivity contribution in [2.75, 3.05) is 7.05 Å². The van der Waals surface area contributed by atoms with Gasteiger partial charge in [0.25, 0.3) is 0 Å². The molecule has 1 aromatic rings. The number of carboxylic acids is 1. The number of imidazole rings is 1. The molecule has 0 fully saturated rings. The number of likely N-dealkylation sites (N-methyl/N-ethyl adjacent to an activating group) is 1. The number of hydrogen-bond donors (Lipinski definition) is 2. The van der Waals surface area contributed by atoms with Crippen LogP contribution >= 0.6 is 0 Å². The Balaban J connectivity index is 2.77. The Morgan fingerprint density at radius 3 is 2.71 bits per heavy atom. The third-order valence-corrected chi connectivity index (χ3v) is 2.37. The summed E-state index contributed by atoms with van der Waals surface area (Å²) in [6.07, 6.45) is 1.66. The SMILES string of the molecule is CNC(Cn1cnc(C)c1C)C(=O)O. The highest BCUT2D eigenvalue weighted by Gasteiger charge is 2.16. The second-order valence-corrected chi connectivity index (χ2v) is 3.25. The van der Waals surface area contributed by atoms with Crippen LogP contribution < -0.4 is 5.32 Å². The minimum Gasteiger partial charge on any atom is -0.480 e. The van der Waals surface area contributed by atoms with Gasteiger partial charge in [0.1, 0.15) is 6.04 Å². The third-order valence-electron chi connectivity index (χ3n) is 2.37. The van der Waals surface area contributed by atoms with E-state index >= 15 is 0 Å². The normalized spacial score (nSPS) is 12.8. The van der Waals surface area contributed by atoms with Crippen molar-refractivity contribution >= 4 is 5.97 Å². The molecule has 0 aliphatic carbocycles. The Morgan fingerprint density at radius 1 is 1.71 bits per heavy atom. The molecule has 2 N–H and O–H groups in total. The van der Waals surface area contributed by atoms with Gasteiger partial charge in [0.05, 0.1) is 12.0 Å². The predicted molar refractivity (Wildman–Crippen MR) is 52.2 cm³/mol. The van der Waals surface area contributed by atoms with Crippen LogP contribution in [-0.4, -0.2) is 33.7 Å². The lowest BCUT2D eigenvalue weighted by atomic mass is 10.3. The summed E-state index contributed by atoms with van der Waals surface area (Å²) in [7, 11) is 1.64. The lowest BCUT2D eigenvalue weighted by Crippen LogP contribution is -2.37. The average molecular weight is 197 g/mol. The van der Waals surface area contributed by atoms with Gasteiger partial charge in [-0.15, -0.1) is 0 Å². The maximum absolute atomic E-state index is 10.8. The fourth-order valence-corrected chi connectivity index (χ4v) is 1.22. The van der Waals surface area contributed by atoms with Gasteiger partial charge in [0.2, 0.25) is 0 Å². The minimum absolute atomic E-state index is 0.401. The molecule has 0 radical (unpaired) electrons. The van der Waals surface area contributed by atoms with E-state index in [2.05, 4.69) is 10.3 Å². The molecule has 1 atom stereocenters. The highest BCUT2D eigenvalue weighted by Crippen LogP contribution is 2.05. The van der Waals surface area contributed by atoms with Crippen molar-refractivity contribution < 1.29 is 9.90 Å². The van der Waals surface area contributed by atoms with E-state index in [-0.39, 0.29) is 0 Å². The quantitative estimate of drug-likeness (QED) is 0.722. The zero-order chi connectivity index (χ0) is 10.7. The van der Waals surface area contributed by atoms with Crippen molar-refractivity contribution in [1.29, 1.82) is 0 Å². The number of hydrogen-bond acceptors (Lipinski definition) is 3. The first kappa shape index (κ1) is 10.7. The largest absolute Gasteiger partial charge is 0.480 e. The minimum atomic E-state index is -0.849. The van der Waals surface area contributed by atoms with Gasteiger partial charge in [-0.3, -0.25) is 4.79 Å². The summed E-state index contributed by atoms with van der Waals surface area (Å²) >= 11 is 0. The van der Waals surface area contributed by atoms with Crippen molar-refractivity contribution in [3.05, 3.63) is 17.7 Å². The molecule has 5 heteroatoms. The number of nitrogens with one attached hydrogen (secondary N) is 1. The van der Waals surface area contributed by atoms with E-state index < -0.39 is 12.0 Å². The van der Waals surface area contributed by atoms with Gasteiger partial charge < -0.3 is 15.0 Å². The fourth-order valence-electron chi connectivity index (χ4n) is 1.22. The highest BCUT2D eigenvalue weighted by atomic mass is 16.4. The molecule has 5 nitrogen and oxygen atoms in total. The maximum atomic E-state index is 10.8. The lowest BCUT2D eigenvalue weighted by Gasteiger charge is -2.12. The van der Waals surface area contributed by atoms with E-state index in [4.69, 9.17) is 5.11 Å². The smallest absolute Gasteiger partial charge is 0.322 e. The van der Waals surface area contributed by atoms with Gasteiger partial charge in [-0.05, 0) is 20.9 Å². The Morgan fingerprint density at radius 2 is 2.36 bits per heavy atom. The molecule has 0 bridgehead atoms. The molecular formula is C9H15N3O2. The van der Waals surface area contributed by atoms with Crippen LogP contribution in [0.2, 0.25) is 0 Å². The van der Waals surface area contributed by atoms with Gasteiger partial charge >= 0.3 is 5.97 Å². The summed E-state index contributed by atoms with van der Waals surface area (Å²) in [6, 6.07) is -0.567. The van der Waals surface area contributed by atoms with E-state index in [9.17, 15) is 4.79 Å². The van der Waals surface area contributed by atoms with Crippen molar-refractivity contribution in [2.45, 2.75) is 26.4 Å². The number of nitrogens with zero attached hydrogens (tertiary/aromatic N) is 2. The maximum Gasteiger partial charge on any atom is 0.322 e. The fraction of sp³-hybridized carbons (Fsp3) is 0.556. The van der Waals surface area contributed by atoms with Gasteiger partial charge in [-0.2, -0.15) is 0 Å². The first-order chi connectivity index (χ1) is 6.56. The van der Waals surface area contributed by atoms with Crippen LogP contribution in [0.25, 0.3) is 0 Å². The van der Waals surface area contributed by atoms with Crippen LogP contribution in [0.5, 0.6) is 0 Å². The molecule has 0 aliphatic heterocycles. The van der Waals surface area contributed by atoms with Crippen LogP contribution in [-0.2, 0) is 11.3 Å². The topological polar surface area (TPSA) is 67.2 Å². The average Bonchev–Trinajstić information content (AvgIpc) is 2.44. The Kier molecular flexibility index (Phi) is 3.24. The molecule has 0 spiro atoms. The van der Waals surface area contributed by atoms with Crippen LogP contribution in [0, 0.1) is 13.8 Å².